The van der Waals surface area contributed by atoms with Gasteiger partial charge in [0.2, 0.25) is 0 Å². The Balaban J connectivity index is 2.05. The molecule has 0 spiro atoms. The van der Waals surface area contributed by atoms with Crippen molar-refractivity contribution in [3.8, 4) is 23.6 Å². The molecule has 28 heavy (non-hydrogen) atoms. The average Bonchev–Trinajstić information content (AvgIpc) is 2.99. The number of ether oxygens (including phenoxy) is 2. The number of aromatic nitrogens is 1. The zero-order valence-electron chi connectivity index (χ0n) is 16.4. The maximum atomic E-state index is 12.3. The van der Waals surface area contributed by atoms with Gasteiger partial charge in [0.15, 0.2) is 11.5 Å². The lowest BCUT2D eigenvalue weighted by atomic mass is 10.1. The second kappa shape index (κ2) is 9.29. The van der Waals surface area contributed by atoms with Gasteiger partial charge in [0.05, 0.1) is 14.2 Å². The minimum atomic E-state index is -0.454. The molecule has 0 aliphatic carbocycles. The third-order valence-corrected chi connectivity index (χ3v) is 4.50. The molecule has 2 rings (SSSR count). The minimum Gasteiger partial charge on any atom is -0.493 e. The number of hydrogen-bond acceptors (Lipinski definition) is 5. The molecule has 0 aliphatic heterocycles. The Labute approximate surface area is 164 Å². The maximum Gasteiger partial charge on any atom is 0.261 e. The van der Waals surface area contributed by atoms with Crippen LogP contribution in [0.1, 0.15) is 22.5 Å². The van der Waals surface area contributed by atoms with Gasteiger partial charge < -0.3 is 19.4 Å². The van der Waals surface area contributed by atoms with E-state index in [4.69, 9.17) is 14.7 Å². The lowest BCUT2D eigenvalue weighted by Gasteiger charge is -2.10. The quantitative estimate of drug-likeness (QED) is 0.589. The highest BCUT2D eigenvalue weighted by atomic mass is 16.5. The summed E-state index contributed by atoms with van der Waals surface area (Å²) in [6.45, 7) is 2.20. The number of methoxy groups -OCH3 is 2. The van der Waals surface area contributed by atoms with Crippen LogP contribution in [0.3, 0.4) is 0 Å². The normalized spacial score (nSPS) is 10.7. The molecule has 1 aromatic carbocycles. The van der Waals surface area contributed by atoms with Crippen LogP contribution in [0.15, 0.2) is 29.8 Å². The van der Waals surface area contributed by atoms with Crippen molar-refractivity contribution in [1.29, 1.82) is 10.5 Å². The fourth-order valence-corrected chi connectivity index (χ4v) is 2.73. The van der Waals surface area contributed by atoms with Crippen molar-refractivity contribution >= 4 is 12.0 Å². The molecular formula is C21H22N4O3. The van der Waals surface area contributed by atoms with E-state index in [1.807, 2.05) is 31.2 Å². The van der Waals surface area contributed by atoms with Crippen molar-refractivity contribution in [1.82, 2.24) is 9.88 Å². The third kappa shape index (κ3) is 4.52. The number of nitrogens with one attached hydrogen (secondary N) is 1. The van der Waals surface area contributed by atoms with Crippen LogP contribution in [0.4, 0.5) is 0 Å². The number of benzene rings is 1. The Morgan fingerprint density at radius 2 is 1.93 bits per heavy atom. The number of carbonyl (C=O) groups excluding carboxylic acids is 1. The molecule has 7 nitrogen and oxygen atoms in total. The summed E-state index contributed by atoms with van der Waals surface area (Å²) in [5.41, 5.74) is 2.91. The zero-order valence-corrected chi connectivity index (χ0v) is 16.4. The van der Waals surface area contributed by atoms with Crippen LogP contribution in [0.25, 0.3) is 6.08 Å². The van der Waals surface area contributed by atoms with Crippen molar-refractivity contribution in [2.24, 2.45) is 7.05 Å². The summed E-state index contributed by atoms with van der Waals surface area (Å²) < 4.78 is 12.2. The van der Waals surface area contributed by atoms with Crippen molar-refractivity contribution < 1.29 is 14.3 Å². The van der Waals surface area contributed by atoms with E-state index in [1.54, 1.807) is 31.9 Å². The topological polar surface area (TPSA) is 100 Å². The molecule has 1 aromatic heterocycles. The molecule has 0 aliphatic rings. The standard InChI is InChI=1S/C21H22N4O3/c1-14-16(11-18(13-23)25(14)2)10-17(12-22)21(26)24-8-7-15-5-6-19(27-3)20(9-15)28-4/h5-6,9-11H,7-8H2,1-4H3,(H,24,26)/b17-10+. The number of nitriles is 2. The first kappa shape index (κ1) is 20.6. The van der Waals surface area contributed by atoms with Crippen molar-refractivity contribution in [2.75, 3.05) is 20.8 Å². The number of amides is 1. The van der Waals surface area contributed by atoms with Gasteiger partial charge in [-0.2, -0.15) is 10.5 Å². The Morgan fingerprint density at radius 3 is 2.50 bits per heavy atom. The SMILES string of the molecule is COc1ccc(CCNC(=O)/C(C#N)=C/c2cc(C#N)n(C)c2C)cc1OC. The predicted molar refractivity (Wildman–Crippen MR) is 105 cm³/mol. The largest absolute Gasteiger partial charge is 0.493 e. The first-order valence-electron chi connectivity index (χ1n) is 8.62. The Hall–Kier alpha value is -3.71. The summed E-state index contributed by atoms with van der Waals surface area (Å²) in [6, 6.07) is 11.2. The summed E-state index contributed by atoms with van der Waals surface area (Å²) in [5.74, 6) is 0.807. The molecule has 0 bridgehead atoms. The summed E-state index contributed by atoms with van der Waals surface area (Å²) in [5, 5.41) is 21.2. The summed E-state index contributed by atoms with van der Waals surface area (Å²) in [6.07, 6.45) is 2.08. The van der Waals surface area contributed by atoms with Crippen molar-refractivity contribution in [2.45, 2.75) is 13.3 Å². The van der Waals surface area contributed by atoms with Crippen LogP contribution in [-0.2, 0) is 18.3 Å². The molecule has 1 N–H and O–H groups in total. The second-order valence-electron chi connectivity index (χ2n) is 6.11. The molecule has 0 saturated heterocycles. The summed E-state index contributed by atoms with van der Waals surface area (Å²) >= 11 is 0. The van der Waals surface area contributed by atoms with Gasteiger partial charge in [-0.3, -0.25) is 4.79 Å². The van der Waals surface area contributed by atoms with E-state index in [0.717, 1.165) is 11.3 Å². The van der Waals surface area contributed by atoms with Gasteiger partial charge in [-0.05, 0) is 48.7 Å². The molecule has 1 heterocycles. The van der Waals surface area contributed by atoms with Gasteiger partial charge in [-0.1, -0.05) is 6.07 Å². The highest BCUT2D eigenvalue weighted by molar-refractivity contribution is 6.01. The Kier molecular flexibility index (Phi) is 6.84. The van der Waals surface area contributed by atoms with Crippen LogP contribution in [0.2, 0.25) is 0 Å². The zero-order chi connectivity index (χ0) is 20.7. The third-order valence-electron chi connectivity index (χ3n) is 4.50. The van der Waals surface area contributed by atoms with Crippen LogP contribution in [0.5, 0.6) is 11.5 Å². The van der Waals surface area contributed by atoms with Crippen LogP contribution in [-0.4, -0.2) is 31.2 Å². The minimum absolute atomic E-state index is 0.00880. The van der Waals surface area contributed by atoms with Crippen molar-refractivity contribution in [3.05, 3.63) is 52.4 Å². The Morgan fingerprint density at radius 1 is 1.21 bits per heavy atom. The lowest BCUT2D eigenvalue weighted by molar-refractivity contribution is -0.117. The molecular weight excluding hydrogens is 356 g/mol. The maximum absolute atomic E-state index is 12.3. The molecule has 2 aromatic rings. The van der Waals surface area contributed by atoms with E-state index in [-0.39, 0.29) is 5.57 Å². The smallest absolute Gasteiger partial charge is 0.261 e. The first-order valence-corrected chi connectivity index (χ1v) is 8.62. The van der Waals surface area contributed by atoms with Gasteiger partial charge in [-0.25, -0.2) is 0 Å². The van der Waals surface area contributed by atoms with E-state index in [9.17, 15) is 10.1 Å². The van der Waals surface area contributed by atoms with E-state index in [0.29, 0.717) is 35.7 Å². The molecule has 0 atom stereocenters. The monoisotopic (exact) mass is 378 g/mol. The van der Waals surface area contributed by atoms with Crippen LogP contribution < -0.4 is 14.8 Å². The second-order valence-corrected chi connectivity index (χ2v) is 6.11. The van der Waals surface area contributed by atoms with Crippen LogP contribution in [0, 0.1) is 29.6 Å². The summed E-state index contributed by atoms with van der Waals surface area (Å²) in [4.78, 5) is 12.3. The number of carbonyl (C=O) groups is 1. The van der Waals surface area contributed by atoms with E-state index >= 15 is 0 Å². The van der Waals surface area contributed by atoms with Gasteiger partial charge in [-0.15, -0.1) is 0 Å². The van der Waals surface area contributed by atoms with Gasteiger partial charge in [0.25, 0.3) is 5.91 Å². The van der Waals surface area contributed by atoms with Crippen molar-refractivity contribution in [3.63, 3.8) is 0 Å². The summed E-state index contributed by atoms with van der Waals surface area (Å²) in [7, 11) is 4.90. The molecule has 7 heteroatoms. The number of hydrogen-bond donors (Lipinski definition) is 1. The molecule has 0 radical (unpaired) electrons. The fraction of sp³-hybridized carbons (Fsp3) is 0.286. The molecule has 144 valence electrons. The van der Waals surface area contributed by atoms with Gasteiger partial charge >= 0.3 is 0 Å². The number of rotatable bonds is 7. The fourth-order valence-electron chi connectivity index (χ4n) is 2.73. The Bertz CT molecular complexity index is 990. The first-order chi connectivity index (χ1) is 13.4. The molecule has 0 unspecified atom stereocenters. The van der Waals surface area contributed by atoms with Gasteiger partial charge in [0, 0.05) is 19.3 Å². The lowest BCUT2D eigenvalue weighted by Crippen LogP contribution is -2.26. The number of nitrogens with zero attached hydrogens (tertiary/aromatic N) is 3. The van der Waals surface area contributed by atoms with E-state index in [2.05, 4.69) is 11.4 Å². The highest BCUT2D eigenvalue weighted by Gasteiger charge is 2.13. The molecule has 0 saturated carbocycles. The molecule has 1 amide bonds. The van der Waals surface area contributed by atoms with E-state index < -0.39 is 5.91 Å². The van der Waals surface area contributed by atoms with Gasteiger partial charge in [0.1, 0.15) is 23.4 Å². The predicted octanol–water partition coefficient (Wildman–Crippen LogP) is 2.49. The average molecular weight is 378 g/mol. The van der Waals surface area contributed by atoms with E-state index in [1.165, 1.54) is 6.08 Å². The van der Waals surface area contributed by atoms with Crippen LogP contribution >= 0.6 is 0 Å². The molecule has 0 fully saturated rings. The highest BCUT2D eigenvalue weighted by Crippen LogP contribution is 2.27.